The second-order valence-corrected chi connectivity index (χ2v) is 4.58. The van der Waals surface area contributed by atoms with Crippen LogP contribution in [0.1, 0.15) is 15.9 Å². The van der Waals surface area contributed by atoms with Crippen molar-refractivity contribution in [2.75, 3.05) is 12.4 Å². The van der Waals surface area contributed by atoms with E-state index >= 15 is 0 Å². The van der Waals surface area contributed by atoms with E-state index in [1.54, 1.807) is 43.5 Å². The normalized spacial score (nSPS) is 10.1. The summed E-state index contributed by atoms with van der Waals surface area (Å²) in [7, 11) is 1.56. The first-order valence-electron chi connectivity index (χ1n) is 6.00. The molecular formula is C15H14ClNO3. The number of carboxylic acid groups (broad SMARTS) is 1. The molecule has 0 aliphatic carbocycles. The van der Waals surface area contributed by atoms with Gasteiger partial charge >= 0.3 is 5.97 Å². The van der Waals surface area contributed by atoms with Gasteiger partial charge in [-0.05, 0) is 29.8 Å². The third-order valence-corrected chi connectivity index (χ3v) is 3.15. The highest BCUT2D eigenvalue weighted by molar-refractivity contribution is 6.32. The summed E-state index contributed by atoms with van der Waals surface area (Å²) >= 11 is 6.05. The highest BCUT2D eigenvalue weighted by Crippen LogP contribution is 2.25. The van der Waals surface area contributed by atoms with Crippen molar-refractivity contribution in [3.8, 4) is 5.75 Å². The fraction of sp³-hybridized carbons (Fsp3) is 0.133. The predicted molar refractivity (Wildman–Crippen MR) is 78.7 cm³/mol. The molecule has 5 heteroatoms. The molecule has 0 aliphatic rings. The number of hydrogen-bond acceptors (Lipinski definition) is 3. The molecule has 0 fully saturated rings. The van der Waals surface area contributed by atoms with Gasteiger partial charge in [0.05, 0.1) is 17.7 Å². The van der Waals surface area contributed by atoms with Crippen LogP contribution in [0, 0.1) is 0 Å². The van der Waals surface area contributed by atoms with Crippen LogP contribution in [-0.2, 0) is 6.54 Å². The van der Waals surface area contributed by atoms with Crippen LogP contribution in [0.25, 0.3) is 0 Å². The third kappa shape index (κ3) is 3.22. The minimum Gasteiger partial charge on any atom is -0.495 e. The van der Waals surface area contributed by atoms with Gasteiger partial charge in [-0.15, -0.1) is 0 Å². The molecule has 0 aliphatic heterocycles. The van der Waals surface area contributed by atoms with Gasteiger partial charge in [-0.25, -0.2) is 4.79 Å². The van der Waals surface area contributed by atoms with Gasteiger partial charge in [0, 0.05) is 12.2 Å². The highest BCUT2D eigenvalue weighted by Gasteiger charge is 2.08. The van der Waals surface area contributed by atoms with Crippen LogP contribution in [0.5, 0.6) is 5.75 Å². The molecule has 2 N–H and O–H groups in total. The van der Waals surface area contributed by atoms with E-state index in [0.29, 0.717) is 23.0 Å². The van der Waals surface area contributed by atoms with Gasteiger partial charge in [-0.2, -0.15) is 0 Å². The minimum atomic E-state index is -0.958. The Balaban J connectivity index is 2.13. The first kappa shape index (κ1) is 14.2. The first-order valence-corrected chi connectivity index (χ1v) is 6.38. The molecule has 0 atom stereocenters. The maximum Gasteiger partial charge on any atom is 0.337 e. The van der Waals surface area contributed by atoms with Crippen molar-refractivity contribution in [2.24, 2.45) is 0 Å². The second-order valence-electron chi connectivity index (χ2n) is 4.17. The van der Waals surface area contributed by atoms with Crippen molar-refractivity contribution >= 4 is 23.3 Å². The molecule has 104 valence electrons. The topological polar surface area (TPSA) is 58.6 Å². The number of para-hydroxylation sites is 1. The minimum absolute atomic E-state index is 0.243. The molecule has 0 spiro atoms. The largest absolute Gasteiger partial charge is 0.495 e. The zero-order chi connectivity index (χ0) is 14.5. The summed E-state index contributed by atoms with van der Waals surface area (Å²) in [5.74, 6) is -0.345. The Hall–Kier alpha value is -2.20. The van der Waals surface area contributed by atoms with Crippen molar-refractivity contribution in [3.63, 3.8) is 0 Å². The maximum atomic E-state index is 11.1. The fourth-order valence-corrected chi connectivity index (χ4v) is 2.12. The lowest BCUT2D eigenvalue weighted by molar-refractivity contribution is 0.0698. The lowest BCUT2D eigenvalue weighted by Crippen LogP contribution is -2.06. The van der Waals surface area contributed by atoms with Gasteiger partial charge in [-0.3, -0.25) is 0 Å². The highest BCUT2D eigenvalue weighted by atomic mass is 35.5. The number of halogens is 1. The molecule has 0 saturated heterocycles. The van der Waals surface area contributed by atoms with Crippen molar-refractivity contribution in [1.29, 1.82) is 0 Å². The molecule has 2 aromatic rings. The number of methoxy groups -OCH3 is 1. The maximum absolute atomic E-state index is 11.1. The van der Waals surface area contributed by atoms with Crippen LogP contribution in [0.4, 0.5) is 5.69 Å². The molecule has 0 saturated carbocycles. The first-order chi connectivity index (χ1) is 9.61. The van der Waals surface area contributed by atoms with Crippen molar-refractivity contribution in [2.45, 2.75) is 6.54 Å². The zero-order valence-corrected chi connectivity index (χ0v) is 11.6. The summed E-state index contributed by atoms with van der Waals surface area (Å²) in [6.45, 7) is 0.480. The predicted octanol–water partition coefficient (Wildman–Crippen LogP) is 3.66. The number of hydrogen-bond donors (Lipinski definition) is 2. The molecule has 0 heterocycles. The molecule has 0 bridgehead atoms. The molecular weight excluding hydrogens is 278 g/mol. The summed E-state index contributed by atoms with van der Waals surface area (Å²) in [5.41, 5.74) is 1.76. The SMILES string of the molecule is COc1ccc(CNc2ccccc2C(=O)O)cc1Cl. The zero-order valence-electron chi connectivity index (χ0n) is 10.9. The average Bonchev–Trinajstić information content (AvgIpc) is 2.45. The van der Waals surface area contributed by atoms with Gasteiger partial charge in [0.15, 0.2) is 0 Å². The van der Waals surface area contributed by atoms with Gasteiger partial charge in [0.1, 0.15) is 5.75 Å². The van der Waals surface area contributed by atoms with E-state index in [0.717, 1.165) is 5.56 Å². The van der Waals surface area contributed by atoms with Crippen LogP contribution < -0.4 is 10.1 Å². The van der Waals surface area contributed by atoms with Crippen LogP contribution in [0.15, 0.2) is 42.5 Å². The van der Waals surface area contributed by atoms with Crippen molar-refractivity contribution in [3.05, 3.63) is 58.6 Å². The molecule has 4 nitrogen and oxygen atoms in total. The molecule has 2 rings (SSSR count). The standard InChI is InChI=1S/C15H14ClNO3/c1-20-14-7-6-10(8-12(14)16)9-17-13-5-3-2-4-11(13)15(18)19/h2-8,17H,9H2,1H3,(H,18,19). The van der Waals surface area contributed by atoms with E-state index in [2.05, 4.69) is 5.32 Å². The van der Waals surface area contributed by atoms with E-state index in [1.807, 2.05) is 6.07 Å². The van der Waals surface area contributed by atoms with Crippen LogP contribution in [0.2, 0.25) is 5.02 Å². The molecule has 0 amide bonds. The molecule has 0 aromatic heterocycles. The Morgan fingerprint density at radius 3 is 2.70 bits per heavy atom. The van der Waals surface area contributed by atoms with Gasteiger partial charge in [0.2, 0.25) is 0 Å². The summed E-state index contributed by atoms with van der Waals surface area (Å²) < 4.78 is 5.08. The summed E-state index contributed by atoms with van der Waals surface area (Å²) in [5, 5.41) is 12.7. The number of anilines is 1. The van der Waals surface area contributed by atoms with E-state index in [4.69, 9.17) is 21.4 Å². The summed E-state index contributed by atoms with van der Waals surface area (Å²) in [6.07, 6.45) is 0. The van der Waals surface area contributed by atoms with E-state index in [1.165, 1.54) is 0 Å². The van der Waals surface area contributed by atoms with Gasteiger partial charge in [0.25, 0.3) is 0 Å². The van der Waals surface area contributed by atoms with Crippen molar-refractivity contribution < 1.29 is 14.6 Å². The Labute approximate surface area is 122 Å². The van der Waals surface area contributed by atoms with E-state index in [-0.39, 0.29) is 5.56 Å². The Kier molecular flexibility index (Phi) is 4.48. The lowest BCUT2D eigenvalue weighted by Gasteiger charge is -2.10. The van der Waals surface area contributed by atoms with Crippen LogP contribution in [-0.4, -0.2) is 18.2 Å². The number of rotatable bonds is 5. The number of nitrogens with one attached hydrogen (secondary N) is 1. The third-order valence-electron chi connectivity index (χ3n) is 2.86. The lowest BCUT2D eigenvalue weighted by atomic mass is 10.1. The summed E-state index contributed by atoms with van der Waals surface area (Å²) in [4.78, 5) is 11.1. The summed E-state index contributed by atoms with van der Waals surface area (Å²) in [6, 6.07) is 12.2. The number of benzene rings is 2. The quantitative estimate of drug-likeness (QED) is 0.882. The van der Waals surface area contributed by atoms with Gasteiger partial charge < -0.3 is 15.2 Å². The van der Waals surface area contributed by atoms with Crippen molar-refractivity contribution in [1.82, 2.24) is 0 Å². The Morgan fingerprint density at radius 1 is 1.30 bits per heavy atom. The molecule has 0 unspecified atom stereocenters. The molecule has 20 heavy (non-hydrogen) atoms. The van der Waals surface area contributed by atoms with Crippen LogP contribution >= 0.6 is 11.6 Å². The molecule has 0 radical (unpaired) electrons. The number of carboxylic acids is 1. The average molecular weight is 292 g/mol. The van der Waals surface area contributed by atoms with Crippen LogP contribution in [0.3, 0.4) is 0 Å². The van der Waals surface area contributed by atoms with Gasteiger partial charge in [-0.1, -0.05) is 29.8 Å². The van der Waals surface area contributed by atoms with E-state index < -0.39 is 5.97 Å². The monoisotopic (exact) mass is 291 g/mol. The number of aromatic carboxylic acids is 1. The Bertz CT molecular complexity index is 628. The second kappa shape index (κ2) is 6.30. The smallest absolute Gasteiger partial charge is 0.337 e. The fourth-order valence-electron chi connectivity index (χ4n) is 1.84. The Morgan fingerprint density at radius 2 is 2.05 bits per heavy atom. The number of ether oxygens (including phenoxy) is 1. The molecule has 2 aromatic carbocycles. The van der Waals surface area contributed by atoms with E-state index in [9.17, 15) is 4.79 Å². The number of carbonyl (C=O) groups is 1.